The van der Waals surface area contributed by atoms with Crippen molar-refractivity contribution < 1.29 is 4.79 Å². The molecule has 3 aromatic rings. The van der Waals surface area contributed by atoms with Gasteiger partial charge in [0.15, 0.2) is 11.6 Å². The average Bonchev–Trinajstić information content (AvgIpc) is 3.04. The van der Waals surface area contributed by atoms with Crippen LogP contribution < -0.4 is 0 Å². The summed E-state index contributed by atoms with van der Waals surface area (Å²) in [6, 6.07) is 13.5. The lowest BCUT2D eigenvalue weighted by atomic mass is 10.0. The Kier molecular flexibility index (Phi) is 3.57. The van der Waals surface area contributed by atoms with Gasteiger partial charge < -0.3 is 4.90 Å². The Morgan fingerprint density at radius 3 is 2.71 bits per heavy atom. The number of hydrogen-bond donors (Lipinski definition) is 0. The fourth-order valence-electron chi connectivity index (χ4n) is 3.12. The van der Waals surface area contributed by atoms with E-state index in [1.807, 2.05) is 54.1 Å². The molecule has 6 nitrogen and oxygen atoms in total. The third-order valence-electron chi connectivity index (χ3n) is 4.31. The molecule has 1 aliphatic rings. The lowest BCUT2D eigenvalue weighted by Gasteiger charge is -2.31. The van der Waals surface area contributed by atoms with E-state index in [9.17, 15) is 4.79 Å². The fourth-order valence-corrected chi connectivity index (χ4v) is 3.12. The van der Waals surface area contributed by atoms with Gasteiger partial charge in [0.25, 0.3) is 0 Å². The minimum Gasteiger partial charge on any atom is -0.336 e. The van der Waals surface area contributed by atoms with E-state index in [1.165, 1.54) is 0 Å². The van der Waals surface area contributed by atoms with Gasteiger partial charge in [0.05, 0.1) is 6.54 Å². The van der Waals surface area contributed by atoms with Crippen LogP contribution in [0.5, 0.6) is 0 Å². The summed E-state index contributed by atoms with van der Waals surface area (Å²) in [6.07, 6.45) is 4.08. The monoisotopic (exact) mass is 319 g/mol. The summed E-state index contributed by atoms with van der Waals surface area (Å²) in [5, 5.41) is 8.62. The summed E-state index contributed by atoms with van der Waals surface area (Å²) < 4.78 is 1.96. The van der Waals surface area contributed by atoms with Crippen LogP contribution in [0.4, 0.5) is 0 Å². The van der Waals surface area contributed by atoms with Gasteiger partial charge in [-0.3, -0.25) is 14.3 Å². The van der Waals surface area contributed by atoms with E-state index >= 15 is 0 Å². The average molecular weight is 319 g/mol. The van der Waals surface area contributed by atoms with Gasteiger partial charge in [-0.15, -0.1) is 10.2 Å². The van der Waals surface area contributed by atoms with Crippen molar-refractivity contribution in [3.05, 3.63) is 66.2 Å². The highest BCUT2D eigenvalue weighted by Crippen LogP contribution is 2.29. The van der Waals surface area contributed by atoms with Crippen LogP contribution in [0.3, 0.4) is 0 Å². The molecule has 1 aromatic carbocycles. The van der Waals surface area contributed by atoms with Gasteiger partial charge in [-0.05, 0) is 17.7 Å². The number of hydrogen-bond acceptors (Lipinski definition) is 4. The molecule has 0 saturated carbocycles. The van der Waals surface area contributed by atoms with E-state index in [4.69, 9.17) is 0 Å². The number of carbonyl (C=O) groups is 1. The maximum atomic E-state index is 12.8. The Morgan fingerprint density at radius 1 is 1.12 bits per heavy atom. The predicted molar refractivity (Wildman–Crippen MR) is 88.9 cm³/mol. The quantitative estimate of drug-likeness (QED) is 0.741. The van der Waals surface area contributed by atoms with Crippen molar-refractivity contribution in [3.63, 3.8) is 0 Å². The Balaban J connectivity index is 1.80. The van der Waals surface area contributed by atoms with Crippen LogP contribution in [0.1, 0.15) is 17.4 Å². The normalized spacial score (nSPS) is 17.0. The highest BCUT2D eigenvalue weighted by Gasteiger charge is 2.34. The molecule has 0 radical (unpaired) electrons. The van der Waals surface area contributed by atoms with Crippen LogP contribution >= 0.6 is 0 Å². The smallest absolute Gasteiger partial charge is 0.246 e. The number of likely N-dealkylation sites (N-methyl/N-ethyl adjacent to an activating group) is 1. The van der Waals surface area contributed by atoms with Crippen molar-refractivity contribution in [1.29, 1.82) is 0 Å². The van der Waals surface area contributed by atoms with E-state index in [2.05, 4.69) is 15.2 Å². The minimum absolute atomic E-state index is 0.0799. The molecule has 1 amide bonds. The number of nitrogens with zero attached hydrogens (tertiary/aromatic N) is 5. The lowest BCUT2D eigenvalue weighted by molar-refractivity contribution is -0.135. The second-order valence-corrected chi connectivity index (χ2v) is 5.95. The van der Waals surface area contributed by atoms with E-state index in [0.29, 0.717) is 18.8 Å². The van der Waals surface area contributed by atoms with Crippen LogP contribution in [0.15, 0.2) is 54.9 Å². The number of rotatable bonds is 3. The van der Waals surface area contributed by atoms with Crippen LogP contribution in [-0.2, 0) is 17.8 Å². The summed E-state index contributed by atoms with van der Waals surface area (Å²) in [5.41, 5.74) is 1.98. The van der Waals surface area contributed by atoms with Gasteiger partial charge in [0.2, 0.25) is 5.91 Å². The van der Waals surface area contributed by atoms with Crippen LogP contribution in [0.2, 0.25) is 0 Å². The van der Waals surface area contributed by atoms with Crippen LogP contribution in [0.25, 0.3) is 11.4 Å². The minimum atomic E-state index is -0.341. The first-order chi connectivity index (χ1) is 11.7. The molecule has 24 heavy (non-hydrogen) atoms. The number of benzene rings is 1. The van der Waals surface area contributed by atoms with Crippen molar-refractivity contribution in [2.75, 3.05) is 7.05 Å². The van der Waals surface area contributed by atoms with Gasteiger partial charge >= 0.3 is 0 Å². The fraction of sp³-hybridized carbons (Fsp3) is 0.222. The largest absolute Gasteiger partial charge is 0.336 e. The van der Waals surface area contributed by atoms with Crippen molar-refractivity contribution in [2.24, 2.45) is 0 Å². The maximum absolute atomic E-state index is 12.8. The molecule has 0 unspecified atom stereocenters. The molecule has 120 valence electrons. The Hall–Kier alpha value is -3.02. The predicted octanol–water partition coefficient (Wildman–Crippen LogP) is 2.10. The number of fused-ring (bicyclic) bond motifs is 1. The first-order valence-corrected chi connectivity index (χ1v) is 7.87. The molecule has 0 fully saturated rings. The van der Waals surface area contributed by atoms with Gasteiger partial charge in [-0.1, -0.05) is 30.3 Å². The third-order valence-corrected chi connectivity index (χ3v) is 4.31. The third kappa shape index (κ3) is 2.46. The SMILES string of the molecule is CN1Cc2nnc(-c3cccnc3)n2[C@@H](Cc2ccccc2)C1=O. The van der Waals surface area contributed by atoms with Crippen LogP contribution in [0, 0.1) is 0 Å². The number of amides is 1. The topological polar surface area (TPSA) is 63.9 Å². The molecule has 4 rings (SSSR count). The van der Waals surface area contributed by atoms with Crippen molar-refractivity contribution in [1.82, 2.24) is 24.6 Å². The van der Waals surface area contributed by atoms with E-state index in [0.717, 1.165) is 17.0 Å². The zero-order valence-electron chi connectivity index (χ0n) is 13.3. The summed E-state index contributed by atoms with van der Waals surface area (Å²) in [7, 11) is 1.81. The van der Waals surface area contributed by atoms with Gasteiger partial charge in [-0.2, -0.15) is 0 Å². The molecule has 3 heterocycles. The molecule has 0 aliphatic carbocycles. The summed E-state index contributed by atoms with van der Waals surface area (Å²) in [4.78, 5) is 18.7. The zero-order valence-corrected chi connectivity index (χ0v) is 13.3. The summed E-state index contributed by atoms with van der Waals surface area (Å²) in [5.74, 6) is 1.58. The summed E-state index contributed by atoms with van der Waals surface area (Å²) >= 11 is 0. The van der Waals surface area contributed by atoms with Crippen molar-refractivity contribution in [3.8, 4) is 11.4 Å². The second-order valence-electron chi connectivity index (χ2n) is 5.95. The van der Waals surface area contributed by atoms with E-state index < -0.39 is 0 Å². The molecule has 0 saturated heterocycles. The molecular weight excluding hydrogens is 302 g/mol. The van der Waals surface area contributed by atoms with Gasteiger partial charge in [-0.25, -0.2) is 0 Å². The summed E-state index contributed by atoms with van der Waals surface area (Å²) in [6.45, 7) is 0.470. The first kappa shape index (κ1) is 14.6. The molecule has 0 bridgehead atoms. The Bertz CT molecular complexity index is 860. The highest BCUT2D eigenvalue weighted by atomic mass is 16.2. The highest BCUT2D eigenvalue weighted by molar-refractivity contribution is 5.82. The molecule has 0 N–H and O–H groups in total. The van der Waals surface area contributed by atoms with Gasteiger partial charge in [0.1, 0.15) is 6.04 Å². The molecular formula is C18H17N5O. The maximum Gasteiger partial charge on any atom is 0.246 e. The molecule has 6 heteroatoms. The number of carbonyl (C=O) groups excluding carboxylic acids is 1. The zero-order chi connectivity index (χ0) is 16.5. The molecule has 2 aromatic heterocycles. The number of aromatic nitrogens is 4. The second kappa shape index (κ2) is 5.88. The van der Waals surface area contributed by atoms with Crippen LogP contribution in [-0.4, -0.2) is 37.6 Å². The molecule has 1 atom stereocenters. The standard InChI is InChI=1S/C18H17N5O/c1-22-12-16-20-21-17(14-8-5-9-19-11-14)23(16)15(18(22)24)10-13-6-3-2-4-7-13/h2-9,11,15H,10,12H2,1H3/t15-/m0/s1. The van der Waals surface area contributed by atoms with E-state index in [-0.39, 0.29) is 11.9 Å². The lowest BCUT2D eigenvalue weighted by Crippen LogP contribution is -2.41. The molecule has 0 spiro atoms. The van der Waals surface area contributed by atoms with E-state index in [1.54, 1.807) is 17.3 Å². The van der Waals surface area contributed by atoms with Crippen molar-refractivity contribution in [2.45, 2.75) is 19.0 Å². The Morgan fingerprint density at radius 2 is 1.96 bits per heavy atom. The first-order valence-electron chi connectivity index (χ1n) is 7.87. The number of pyridine rings is 1. The van der Waals surface area contributed by atoms with Crippen molar-refractivity contribution >= 4 is 5.91 Å². The molecule has 1 aliphatic heterocycles. The van der Waals surface area contributed by atoms with Gasteiger partial charge in [0, 0.05) is 31.4 Å². The Labute approximate surface area is 139 Å².